The van der Waals surface area contributed by atoms with Crippen LogP contribution in [0.25, 0.3) is 17.1 Å². The van der Waals surface area contributed by atoms with Crippen LogP contribution in [-0.2, 0) is 4.79 Å². The van der Waals surface area contributed by atoms with Gasteiger partial charge in [-0.1, -0.05) is 55.4 Å². The molecule has 1 unspecified atom stereocenters. The van der Waals surface area contributed by atoms with Gasteiger partial charge in [-0.25, -0.2) is 0 Å². The van der Waals surface area contributed by atoms with E-state index in [-0.39, 0.29) is 11.2 Å². The summed E-state index contributed by atoms with van der Waals surface area (Å²) in [4.78, 5) is 12.5. The normalized spacial score (nSPS) is 14.7. The van der Waals surface area contributed by atoms with Crippen molar-refractivity contribution in [1.82, 2.24) is 20.1 Å². The Morgan fingerprint density at radius 2 is 1.80 bits per heavy atom. The summed E-state index contributed by atoms with van der Waals surface area (Å²) in [5.41, 5.74) is 3.15. The van der Waals surface area contributed by atoms with E-state index >= 15 is 0 Å². The molecule has 0 radical (unpaired) electrons. The number of carbonyl (C=O) groups excluding carboxylic acids is 1. The molecule has 0 spiro atoms. The molecule has 1 fully saturated rings. The van der Waals surface area contributed by atoms with E-state index in [9.17, 15) is 4.79 Å². The zero-order valence-electron chi connectivity index (χ0n) is 17.3. The van der Waals surface area contributed by atoms with Crippen molar-refractivity contribution in [3.63, 3.8) is 0 Å². The SMILES string of the molecule is CC(Sc1nnc(-c2ccc(Cl)cc2)n1-c1ccccc1C(C)C)C(=O)NC1CC1. The molecule has 7 heteroatoms. The zero-order valence-corrected chi connectivity index (χ0v) is 18.9. The lowest BCUT2D eigenvalue weighted by Crippen LogP contribution is -2.32. The zero-order chi connectivity index (χ0) is 21.3. The van der Waals surface area contributed by atoms with Gasteiger partial charge in [0.25, 0.3) is 0 Å². The number of benzene rings is 2. The van der Waals surface area contributed by atoms with E-state index in [4.69, 9.17) is 11.6 Å². The van der Waals surface area contributed by atoms with Gasteiger partial charge < -0.3 is 5.32 Å². The summed E-state index contributed by atoms with van der Waals surface area (Å²) in [5, 5.41) is 13.2. The molecular weight excluding hydrogens is 416 g/mol. The van der Waals surface area contributed by atoms with Gasteiger partial charge in [0.05, 0.1) is 10.9 Å². The summed E-state index contributed by atoms with van der Waals surface area (Å²) >= 11 is 7.52. The molecular formula is C23H25ClN4OS. The molecule has 156 valence electrons. The lowest BCUT2D eigenvalue weighted by atomic mass is 10.0. The smallest absolute Gasteiger partial charge is 0.233 e. The molecule has 0 saturated heterocycles. The van der Waals surface area contributed by atoms with Gasteiger partial charge in [-0.3, -0.25) is 9.36 Å². The number of halogens is 1. The monoisotopic (exact) mass is 440 g/mol. The first-order valence-electron chi connectivity index (χ1n) is 10.2. The third-order valence-electron chi connectivity index (χ3n) is 5.11. The minimum Gasteiger partial charge on any atom is -0.352 e. The van der Waals surface area contributed by atoms with E-state index in [1.807, 2.05) is 43.3 Å². The molecule has 0 aliphatic heterocycles. The third kappa shape index (κ3) is 4.55. The van der Waals surface area contributed by atoms with Gasteiger partial charge in [0.15, 0.2) is 11.0 Å². The molecule has 3 aromatic rings. The van der Waals surface area contributed by atoms with Crippen molar-refractivity contribution in [3.8, 4) is 17.1 Å². The van der Waals surface area contributed by atoms with Gasteiger partial charge in [0, 0.05) is 16.6 Å². The number of hydrogen-bond donors (Lipinski definition) is 1. The van der Waals surface area contributed by atoms with Crippen LogP contribution in [-0.4, -0.2) is 32.0 Å². The van der Waals surface area contributed by atoms with Gasteiger partial charge in [-0.05, 0) is 61.6 Å². The highest BCUT2D eigenvalue weighted by atomic mass is 35.5. The molecule has 1 aliphatic rings. The molecule has 0 bridgehead atoms. The van der Waals surface area contributed by atoms with Crippen molar-refractivity contribution in [3.05, 3.63) is 59.1 Å². The Labute approximate surface area is 186 Å². The molecule has 2 aromatic carbocycles. The van der Waals surface area contributed by atoms with E-state index in [0.717, 1.165) is 29.9 Å². The Morgan fingerprint density at radius 3 is 2.47 bits per heavy atom. The van der Waals surface area contributed by atoms with E-state index in [1.165, 1.54) is 17.3 Å². The van der Waals surface area contributed by atoms with Crippen LogP contribution in [0.3, 0.4) is 0 Å². The maximum absolute atomic E-state index is 12.5. The Hall–Kier alpha value is -2.31. The second-order valence-electron chi connectivity index (χ2n) is 7.90. The van der Waals surface area contributed by atoms with Crippen LogP contribution < -0.4 is 5.32 Å². The van der Waals surface area contributed by atoms with Crippen molar-refractivity contribution >= 4 is 29.3 Å². The number of thioether (sulfide) groups is 1. The number of amides is 1. The van der Waals surface area contributed by atoms with Gasteiger partial charge in [0.1, 0.15) is 0 Å². The van der Waals surface area contributed by atoms with Crippen molar-refractivity contribution in [2.24, 2.45) is 0 Å². The fraction of sp³-hybridized carbons (Fsp3) is 0.348. The first-order chi connectivity index (χ1) is 14.4. The quantitative estimate of drug-likeness (QED) is 0.495. The van der Waals surface area contributed by atoms with Crippen molar-refractivity contribution < 1.29 is 4.79 Å². The molecule has 1 aromatic heterocycles. The van der Waals surface area contributed by atoms with Gasteiger partial charge >= 0.3 is 0 Å². The van der Waals surface area contributed by atoms with Crippen molar-refractivity contribution in [2.45, 2.75) is 56.0 Å². The molecule has 1 atom stereocenters. The predicted molar refractivity (Wildman–Crippen MR) is 122 cm³/mol. The Morgan fingerprint density at radius 1 is 1.10 bits per heavy atom. The highest BCUT2D eigenvalue weighted by molar-refractivity contribution is 8.00. The van der Waals surface area contributed by atoms with Crippen LogP contribution in [0.15, 0.2) is 53.7 Å². The maximum Gasteiger partial charge on any atom is 0.233 e. The van der Waals surface area contributed by atoms with Crippen LogP contribution in [0.2, 0.25) is 5.02 Å². The molecule has 5 nitrogen and oxygen atoms in total. The number of aromatic nitrogens is 3. The van der Waals surface area contributed by atoms with Gasteiger partial charge in [0.2, 0.25) is 5.91 Å². The largest absolute Gasteiger partial charge is 0.352 e. The summed E-state index contributed by atoms with van der Waals surface area (Å²) < 4.78 is 2.06. The first kappa shape index (κ1) is 20.9. The number of carbonyl (C=O) groups is 1. The summed E-state index contributed by atoms with van der Waals surface area (Å²) in [7, 11) is 0. The highest BCUT2D eigenvalue weighted by Gasteiger charge is 2.28. The topological polar surface area (TPSA) is 59.8 Å². The minimum atomic E-state index is -0.266. The lowest BCUT2D eigenvalue weighted by Gasteiger charge is -2.18. The van der Waals surface area contributed by atoms with E-state index in [1.54, 1.807) is 0 Å². The summed E-state index contributed by atoms with van der Waals surface area (Å²) in [5.74, 6) is 1.11. The fourth-order valence-electron chi connectivity index (χ4n) is 3.29. The lowest BCUT2D eigenvalue weighted by molar-refractivity contribution is -0.120. The van der Waals surface area contributed by atoms with Crippen LogP contribution in [0.4, 0.5) is 0 Å². The maximum atomic E-state index is 12.5. The average Bonchev–Trinajstić information content (AvgIpc) is 3.46. The Kier molecular flexibility index (Phi) is 6.16. The minimum absolute atomic E-state index is 0.0437. The average molecular weight is 441 g/mol. The van der Waals surface area contributed by atoms with Gasteiger partial charge in [-0.2, -0.15) is 0 Å². The van der Waals surface area contributed by atoms with Crippen LogP contribution in [0, 0.1) is 0 Å². The molecule has 1 aliphatic carbocycles. The van der Waals surface area contributed by atoms with Crippen LogP contribution in [0.1, 0.15) is 45.1 Å². The summed E-state index contributed by atoms with van der Waals surface area (Å²) in [6, 6.07) is 16.2. The van der Waals surface area contributed by atoms with Crippen molar-refractivity contribution in [2.75, 3.05) is 0 Å². The predicted octanol–water partition coefficient (Wildman–Crippen LogP) is 5.47. The molecule has 1 heterocycles. The molecule has 1 saturated carbocycles. The Balaban J connectivity index is 1.77. The van der Waals surface area contributed by atoms with E-state index in [0.29, 0.717) is 22.1 Å². The fourth-order valence-corrected chi connectivity index (χ4v) is 4.28. The van der Waals surface area contributed by atoms with Crippen LogP contribution >= 0.6 is 23.4 Å². The number of hydrogen-bond acceptors (Lipinski definition) is 4. The number of nitrogens with one attached hydrogen (secondary N) is 1. The second-order valence-corrected chi connectivity index (χ2v) is 9.65. The number of nitrogens with zero attached hydrogens (tertiary/aromatic N) is 3. The van der Waals surface area contributed by atoms with Gasteiger partial charge in [-0.15, -0.1) is 10.2 Å². The number of rotatable bonds is 7. The first-order valence-corrected chi connectivity index (χ1v) is 11.5. The molecule has 4 rings (SSSR count). The number of para-hydroxylation sites is 1. The molecule has 1 N–H and O–H groups in total. The molecule has 1 amide bonds. The Bertz CT molecular complexity index is 1040. The van der Waals surface area contributed by atoms with E-state index in [2.05, 4.69) is 46.1 Å². The highest BCUT2D eigenvalue weighted by Crippen LogP contribution is 2.34. The van der Waals surface area contributed by atoms with E-state index < -0.39 is 0 Å². The summed E-state index contributed by atoms with van der Waals surface area (Å²) in [6.45, 7) is 6.26. The standard InChI is InChI=1S/C23H25ClN4OS/c1-14(2)19-6-4-5-7-20(19)28-21(16-8-10-17(24)11-9-16)26-27-23(28)30-15(3)22(29)25-18-12-13-18/h4-11,14-15,18H,12-13H2,1-3H3,(H,25,29). The van der Waals surface area contributed by atoms with Crippen LogP contribution in [0.5, 0.6) is 0 Å². The second kappa shape index (κ2) is 8.82. The third-order valence-corrected chi connectivity index (χ3v) is 6.41. The van der Waals surface area contributed by atoms with Crippen molar-refractivity contribution in [1.29, 1.82) is 0 Å². The summed E-state index contributed by atoms with van der Waals surface area (Å²) in [6.07, 6.45) is 2.14. The molecule has 30 heavy (non-hydrogen) atoms.